The first-order valence-electron chi connectivity index (χ1n) is 6.64. The Morgan fingerprint density at radius 2 is 1.95 bits per heavy atom. The average molecular weight is 291 g/mol. The molecule has 0 bridgehead atoms. The zero-order valence-electron chi connectivity index (χ0n) is 11.2. The molecule has 0 unspecified atom stereocenters. The Labute approximate surface area is 113 Å². The lowest BCUT2D eigenvalue weighted by Crippen LogP contribution is -2.44. The third-order valence-electron chi connectivity index (χ3n) is 4.07. The number of ether oxygens (including phenoxy) is 1. The summed E-state index contributed by atoms with van der Waals surface area (Å²) in [5.41, 5.74) is 0. The number of rotatable bonds is 6. The highest BCUT2D eigenvalue weighted by Crippen LogP contribution is 2.45. The first kappa shape index (κ1) is 14.7. The van der Waals surface area contributed by atoms with Gasteiger partial charge in [0.1, 0.15) is 6.61 Å². The van der Waals surface area contributed by atoms with Crippen molar-refractivity contribution in [1.29, 1.82) is 0 Å². The summed E-state index contributed by atoms with van der Waals surface area (Å²) in [6.07, 6.45) is 3.01. The minimum atomic E-state index is -3.15. The summed E-state index contributed by atoms with van der Waals surface area (Å²) in [4.78, 5) is 10.3. The fourth-order valence-electron chi connectivity index (χ4n) is 2.37. The number of aliphatic carboxylic acids is 1. The molecule has 1 saturated carbocycles. The molecule has 0 spiro atoms. The fraction of sp³-hybridized carbons (Fsp3) is 0.917. The molecule has 0 aromatic heterocycles. The maximum Gasteiger partial charge on any atom is 0.329 e. The molecule has 7 heteroatoms. The van der Waals surface area contributed by atoms with Crippen LogP contribution in [0.1, 0.15) is 32.6 Å². The van der Waals surface area contributed by atoms with Crippen molar-refractivity contribution >= 4 is 16.0 Å². The summed E-state index contributed by atoms with van der Waals surface area (Å²) in [7, 11) is -3.15. The van der Waals surface area contributed by atoms with Gasteiger partial charge in [-0.1, -0.05) is 0 Å². The number of carbonyl (C=O) groups is 1. The zero-order valence-corrected chi connectivity index (χ0v) is 12.0. The normalized spacial score (nSPS) is 24.3. The molecule has 1 N–H and O–H groups in total. The second-order valence-corrected chi connectivity index (χ2v) is 8.16. The maximum atomic E-state index is 12.3. The van der Waals surface area contributed by atoms with Gasteiger partial charge in [0.05, 0.1) is 11.4 Å². The van der Waals surface area contributed by atoms with Crippen molar-refractivity contribution in [2.75, 3.05) is 26.3 Å². The molecule has 1 aliphatic heterocycles. The first-order valence-corrected chi connectivity index (χ1v) is 8.08. The van der Waals surface area contributed by atoms with Crippen molar-refractivity contribution in [3.05, 3.63) is 0 Å². The third-order valence-corrected chi connectivity index (χ3v) is 6.77. The van der Waals surface area contributed by atoms with Gasteiger partial charge in [0, 0.05) is 13.1 Å². The van der Waals surface area contributed by atoms with E-state index in [1.54, 1.807) is 4.31 Å². The standard InChI is InChI=1S/C12H21NO5S/c1-12(4-5-12)19(16,17)13-6-2-10(3-7-13)8-18-9-11(14)15/h10H,2-9H2,1H3,(H,14,15). The van der Waals surface area contributed by atoms with Crippen molar-refractivity contribution in [2.24, 2.45) is 5.92 Å². The van der Waals surface area contributed by atoms with E-state index >= 15 is 0 Å². The third kappa shape index (κ3) is 3.27. The number of piperidine rings is 1. The van der Waals surface area contributed by atoms with E-state index in [2.05, 4.69) is 0 Å². The van der Waals surface area contributed by atoms with E-state index in [0.717, 1.165) is 25.7 Å². The topological polar surface area (TPSA) is 83.9 Å². The van der Waals surface area contributed by atoms with Gasteiger partial charge in [-0.2, -0.15) is 0 Å². The molecule has 1 saturated heterocycles. The lowest BCUT2D eigenvalue weighted by atomic mass is 9.99. The van der Waals surface area contributed by atoms with Crippen LogP contribution in [0.15, 0.2) is 0 Å². The second-order valence-electron chi connectivity index (χ2n) is 5.71. The number of sulfonamides is 1. The predicted octanol–water partition coefficient (Wildman–Crippen LogP) is 0.682. The Morgan fingerprint density at radius 1 is 1.37 bits per heavy atom. The quantitative estimate of drug-likeness (QED) is 0.778. The lowest BCUT2D eigenvalue weighted by Gasteiger charge is -2.32. The summed E-state index contributed by atoms with van der Waals surface area (Å²) in [6.45, 7) is 2.98. The summed E-state index contributed by atoms with van der Waals surface area (Å²) in [5, 5.41) is 8.48. The van der Waals surface area contributed by atoms with Gasteiger partial charge in [-0.3, -0.25) is 0 Å². The Balaban J connectivity index is 1.78. The van der Waals surface area contributed by atoms with E-state index < -0.39 is 20.7 Å². The summed E-state index contributed by atoms with van der Waals surface area (Å²) in [5.74, 6) is -0.709. The van der Waals surface area contributed by atoms with Crippen molar-refractivity contribution in [2.45, 2.75) is 37.4 Å². The SMILES string of the molecule is CC1(S(=O)(=O)N2CCC(COCC(=O)O)CC2)CC1. The van der Waals surface area contributed by atoms with Crippen molar-refractivity contribution < 1.29 is 23.1 Å². The zero-order chi connectivity index (χ0) is 14.1. The van der Waals surface area contributed by atoms with Gasteiger partial charge >= 0.3 is 5.97 Å². The average Bonchev–Trinajstić information content (AvgIpc) is 3.09. The number of carboxylic acid groups (broad SMARTS) is 1. The Morgan fingerprint density at radius 3 is 2.42 bits per heavy atom. The number of nitrogens with zero attached hydrogens (tertiary/aromatic N) is 1. The molecule has 0 radical (unpaired) electrons. The summed E-state index contributed by atoms with van der Waals surface area (Å²) in [6, 6.07) is 0. The van der Waals surface area contributed by atoms with Gasteiger partial charge in [0.2, 0.25) is 10.0 Å². The summed E-state index contributed by atoms with van der Waals surface area (Å²) >= 11 is 0. The minimum absolute atomic E-state index is 0.262. The molecule has 0 aromatic carbocycles. The van der Waals surface area contributed by atoms with Crippen LogP contribution in [0.25, 0.3) is 0 Å². The van der Waals surface area contributed by atoms with E-state index in [9.17, 15) is 13.2 Å². The molecule has 1 heterocycles. The van der Waals surface area contributed by atoms with E-state index in [0.29, 0.717) is 19.7 Å². The van der Waals surface area contributed by atoms with E-state index in [1.165, 1.54) is 0 Å². The minimum Gasteiger partial charge on any atom is -0.480 e. The van der Waals surface area contributed by atoms with E-state index in [-0.39, 0.29) is 12.5 Å². The highest BCUT2D eigenvalue weighted by Gasteiger charge is 2.52. The molecule has 6 nitrogen and oxygen atoms in total. The largest absolute Gasteiger partial charge is 0.480 e. The molecule has 1 aliphatic carbocycles. The molecule has 19 heavy (non-hydrogen) atoms. The van der Waals surface area contributed by atoms with E-state index in [4.69, 9.17) is 9.84 Å². The van der Waals surface area contributed by atoms with Crippen LogP contribution in [-0.4, -0.2) is 54.8 Å². The van der Waals surface area contributed by atoms with Crippen LogP contribution >= 0.6 is 0 Å². The van der Waals surface area contributed by atoms with Gasteiger partial charge < -0.3 is 9.84 Å². The van der Waals surface area contributed by atoms with Crippen LogP contribution in [0.3, 0.4) is 0 Å². The molecule has 2 fully saturated rings. The van der Waals surface area contributed by atoms with Crippen molar-refractivity contribution in [3.8, 4) is 0 Å². The van der Waals surface area contributed by atoms with Crippen LogP contribution in [0, 0.1) is 5.92 Å². The fourth-order valence-corrected chi connectivity index (χ4v) is 4.31. The van der Waals surface area contributed by atoms with Crippen molar-refractivity contribution in [1.82, 2.24) is 4.31 Å². The van der Waals surface area contributed by atoms with E-state index in [1.807, 2.05) is 6.92 Å². The maximum absolute atomic E-state index is 12.3. The van der Waals surface area contributed by atoms with Crippen LogP contribution in [0.4, 0.5) is 0 Å². The Bertz CT molecular complexity index is 435. The van der Waals surface area contributed by atoms with Crippen LogP contribution < -0.4 is 0 Å². The lowest BCUT2D eigenvalue weighted by molar-refractivity contribution is -0.142. The Hall–Kier alpha value is -0.660. The Kier molecular flexibility index (Phi) is 4.17. The predicted molar refractivity (Wildman–Crippen MR) is 69.3 cm³/mol. The number of hydrogen-bond donors (Lipinski definition) is 1. The van der Waals surface area contributed by atoms with Gasteiger partial charge in [-0.05, 0) is 38.5 Å². The van der Waals surface area contributed by atoms with Gasteiger partial charge in [0.25, 0.3) is 0 Å². The number of carboxylic acids is 1. The molecule has 0 amide bonds. The van der Waals surface area contributed by atoms with Crippen LogP contribution in [0.5, 0.6) is 0 Å². The molecule has 0 aromatic rings. The van der Waals surface area contributed by atoms with Gasteiger partial charge in [-0.15, -0.1) is 0 Å². The molecule has 0 atom stereocenters. The molecular weight excluding hydrogens is 270 g/mol. The van der Waals surface area contributed by atoms with Gasteiger partial charge in [-0.25, -0.2) is 17.5 Å². The van der Waals surface area contributed by atoms with Crippen LogP contribution in [-0.2, 0) is 19.6 Å². The van der Waals surface area contributed by atoms with Crippen molar-refractivity contribution in [3.63, 3.8) is 0 Å². The molecular formula is C12H21NO5S. The second kappa shape index (κ2) is 5.38. The van der Waals surface area contributed by atoms with Gasteiger partial charge in [0.15, 0.2) is 0 Å². The summed E-state index contributed by atoms with van der Waals surface area (Å²) < 4.78 is 30.7. The monoisotopic (exact) mass is 291 g/mol. The van der Waals surface area contributed by atoms with Crippen LogP contribution in [0.2, 0.25) is 0 Å². The molecule has 2 aliphatic rings. The number of hydrogen-bond acceptors (Lipinski definition) is 4. The molecule has 2 rings (SSSR count). The highest BCUT2D eigenvalue weighted by molar-refractivity contribution is 7.90. The first-order chi connectivity index (χ1) is 8.85. The highest BCUT2D eigenvalue weighted by atomic mass is 32.2. The smallest absolute Gasteiger partial charge is 0.329 e. The molecule has 110 valence electrons.